The van der Waals surface area contributed by atoms with Crippen LogP contribution in [0.1, 0.15) is 33.0 Å². The van der Waals surface area contributed by atoms with Crippen molar-refractivity contribution >= 4 is 22.9 Å². The lowest BCUT2D eigenvalue weighted by atomic mass is 9.99. The van der Waals surface area contributed by atoms with Crippen molar-refractivity contribution in [3.63, 3.8) is 0 Å². The Hall–Kier alpha value is -1.72. The van der Waals surface area contributed by atoms with Gasteiger partial charge >= 0.3 is 0 Å². The summed E-state index contributed by atoms with van der Waals surface area (Å²) < 4.78 is 0. The number of benzene rings is 1. The zero-order valence-corrected chi connectivity index (χ0v) is 12.9. The molecule has 0 saturated heterocycles. The summed E-state index contributed by atoms with van der Waals surface area (Å²) >= 11 is 1.51. The molecule has 2 aromatic rings. The number of carbonyl (C=O) groups excluding carboxylic acids is 1. The normalized spacial score (nSPS) is 14.1. The third-order valence-corrected chi connectivity index (χ3v) is 4.64. The largest absolute Gasteiger partial charge is 0.330 e. The van der Waals surface area contributed by atoms with Crippen molar-refractivity contribution in [3.05, 3.63) is 45.4 Å². The van der Waals surface area contributed by atoms with Crippen molar-refractivity contribution in [1.82, 2.24) is 4.98 Å². The second kappa shape index (κ2) is 5.95. The quantitative estimate of drug-likeness (QED) is 0.948. The zero-order chi connectivity index (χ0) is 14.8. The maximum Gasteiger partial charge on any atom is 0.277 e. The molecule has 1 aliphatic rings. The van der Waals surface area contributed by atoms with Gasteiger partial charge in [0.25, 0.3) is 5.91 Å². The molecule has 1 aromatic heterocycles. The second-order valence-electron chi connectivity index (χ2n) is 5.36. The van der Waals surface area contributed by atoms with Crippen LogP contribution in [0.2, 0.25) is 0 Å². The molecule has 0 aliphatic carbocycles. The number of rotatable bonds is 3. The number of hydrogen-bond donors (Lipinski definition) is 1. The number of carbonyl (C=O) groups is 1. The van der Waals surface area contributed by atoms with Crippen LogP contribution in [0.4, 0.5) is 5.69 Å². The molecule has 5 heteroatoms. The van der Waals surface area contributed by atoms with Gasteiger partial charge in [0.15, 0.2) is 0 Å². The van der Waals surface area contributed by atoms with Gasteiger partial charge in [0.1, 0.15) is 5.69 Å². The number of nitrogens with zero attached hydrogens (tertiary/aromatic N) is 2. The third kappa shape index (κ3) is 2.84. The van der Waals surface area contributed by atoms with Crippen LogP contribution in [-0.2, 0) is 12.8 Å². The maximum atomic E-state index is 12.7. The lowest BCUT2D eigenvalue weighted by Gasteiger charge is -2.29. The molecule has 2 heterocycles. The molecule has 3 rings (SSSR count). The molecule has 4 nitrogen and oxygen atoms in total. The predicted octanol–water partition coefficient (Wildman–Crippen LogP) is 2.55. The Morgan fingerprint density at radius 2 is 2.33 bits per heavy atom. The van der Waals surface area contributed by atoms with Crippen LogP contribution in [0.25, 0.3) is 0 Å². The number of amides is 1. The molecule has 2 N–H and O–H groups in total. The van der Waals surface area contributed by atoms with Crippen LogP contribution in [0.5, 0.6) is 0 Å². The molecule has 0 spiro atoms. The van der Waals surface area contributed by atoms with E-state index in [4.69, 9.17) is 5.73 Å². The predicted molar refractivity (Wildman–Crippen MR) is 86.0 cm³/mol. The van der Waals surface area contributed by atoms with E-state index >= 15 is 0 Å². The lowest BCUT2D eigenvalue weighted by molar-refractivity contribution is 0.0981. The molecule has 1 amide bonds. The topological polar surface area (TPSA) is 59.2 Å². The summed E-state index contributed by atoms with van der Waals surface area (Å²) in [5.74, 6) is 0.000992. The highest BCUT2D eigenvalue weighted by Crippen LogP contribution is 2.29. The number of aryl methyl sites for hydroxylation is 2. The SMILES string of the molecule is Cc1ccc2c(c1)N(C(=O)c1csc(CCN)n1)CCC2. The van der Waals surface area contributed by atoms with E-state index in [9.17, 15) is 4.79 Å². The van der Waals surface area contributed by atoms with Gasteiger partial charge in [-0.1, -0.05) is 12.1 Å². The molecule has 0 radical (unpaired) electrons. The minimum Gasteiger partial charge on any atom is -0.330 e. The number of anilines is 1. The highest BCUT2D eigenvalue weighted by atomic mass is 32.1. The number of hydrogen-bond acceptors (Lipinski definition) is 4. The first-order valence-corrected chi connectivity index (χ1v) is 8.13. The van der Waals surface area contributed by atoms with Gasteiger partial charge in [-0.15, -0.1) is 11.3 Å². The van der Waals surface area contributed by atoms with Crippen LogP contribution in [0.3, 0.4) is 0 Å². The molecule has 110 valence electrons. The molecule has 0 bridgehead atoms. The first kappa shape index (κ1) is 14.2. The molecule has 0 unspecified atom stereocenters. The standard InChI is InChI=1S/C16H19N3OS/c1-11-4-5-12-3-2-8-19(14(12)9-11)16(20)13-10-21-15(18-13)6-7-17/h4-5,9-10H,2-3,6-8,17H2,1H3. The minimum absolute atomic E-state index is 0.000992. The van der Waals surface area contributed by atoms with E-state index in [1.807, 2.05) is 10.3 Å². The Balaban J connectivity index is 1.90. The van der Waals surface area contributed by atoms with Crippen LogP contribution in [-0.4, -0.2) is 24.0 Å². The van der Waals surface area contributed by atoms with Gasteiger partial charge in [-0.2, -0.15) is 0 Å². The molecular formula is C16H19N3OS. The van der Waals surface area contributed by atoms with Gasteiger partial charge in [-0.3, -0.25) is 4.79 Å². The Morgan fingerprint density at radius 3 is 3.14 bits per heavy atom. The van der Waals surface area contributed by atoms with Gasteiger partial charge in [-0.05, 0) is 43.5 Å². The summed E-state index contributed by atoms with van der Waals surface area (Å²) in [6, 6.07) is 6.33. The van der Waals surface area contributed by atoms with E-state index in [0.717, 1.165) is 36.5 Å². The zero-order valence-electron chi connectivity index (χ0n) is 12.1. The van der Waals surface area contributed by atoms with E-state index in [2.05, 4.69) is 30.1 Å². The monoisotopic (exact) mass is 301 g/mol. The highest BCUT2D eigenvalue weighted by Gasteiger charge is 2.25. The smallest absolute Gasteiger partial charge is 0.277 e. The van der Waals surface area contributed by atoms with Gasteiger partial charge in [0, 0.05) is 24.0 Å². The van der Waals surface area contributed by atoms with Crippen LogP contribution < -0.4 is 10.6 Å². The first-order chi connectivity index (χ1) is 10.2. The fraction of sp³-hybridized carbons (Fsp3) is 0.375. The van der Waals surface area contributed by atoms with E-state index in [1.54, 1.807) is 0 Å². The van der Waals surface area contributed by atoms with Gasteiger partial charge < -0.3 is 10.6 Å². The van der Waals surface area contributed by atoms with Crippen molar-refractivity contribution in [2.45, 2.75) is 26.2 Å². The molecule has 0 atom stereocenters. The number of nitrogens with two attached hydrogens (primary N) is 1. The summed E-state index contributed by atoms with van der Waals surface area (Å²) in [6.45, 7) is 3.38. The average molecular weight is 301 g/mol. The summed E-state index contributed by atoms with van der Waals surface area (Å²) in [5, 5.41) is 2.78. The van der Waals surface area contributed by atoms with E-state index in [0.29, 0.717) is 12.2 Å². The Kier molecular flexibility index (Phi) is 4.03. The van der Waals surface area contributed by atoms with Gasteiger partial charge in [-0.25, -0.2) is 4.98 Å². The summed E-state index contributed by atoms with van der Waals surface area (Å²) in [5.41, 5.74) is 9.55. The van der Waals surface area contributed by atoms with E-state index < -0.39 is 0 Å². The van der Waals surface area contributed by atoms with Crippen LogP contribution in [0, 0.1) is 6.92 Å². The van der Waals surface area contributed by atoms with E-state index in [-0.39, 0.29) is 5.91 Å². The average Bonchev–Trinajstić information content (AvgIpc) is 2.95. The number of fused-ring (bicyclic) bond motifs is 1. The van der Waals surface area contributed by atoms with Gasteiger partial charge in [0.2, 0.25) is 0 Å². The van der Waals surface area contributed by atoms with Crippen molar-refractivity contribution in [3.8, 4) is 0 Å². The Bertz CT molecular complexity index is 665. The van der Waals surface area contributed by atoms with Gasteiger partial charge in [0.05, 0.1) is 5.01 Å². The van der Waals surface area contributed by atoms with Crippen LogP contribution >= 0.6 is 11.3 Å². The molecule has 1 aliphatic heterocycles. The summed E-state index contributed by atoms with van der Waals surface area (Å²) in [4.78, 5) is 19.0. The first-order valence-electron chi connectivity index (χ1n) is 7.25. The number of aromatic nitrogens is 1. The molecular weight excluding hydrogens is 282 g/mol. The molecule has 0 saturated carbocycles. The Morgan fingerprint density at radius 1 is 1.48 bits per heavy atom. The highest BCUT2D eigenvalue weighted by molar-refractivity contribution is 7.09. The fourth-order valence-corrected chi connectivity index (χ4v) is 3.47. The maximum absolute atomic E-state index is 12.7. The third-order valence-electron chi connectivity index (χ3n) is 3.73. The van der Waals surface area contributed by atoms with Crippen LogP contribution in [0.15, 0.2) is 23.6 Å². The van der Waals surface area contributed by atoms with Crippen molar-refractivity contribution in [1.29, 1.82) is 0 Å². The number of thiazole rings is 1. The minimum atomic E-state index is 0.000992. The van der Waals surface area contributed by atoms with Crippen molar-refractivity contribution in [2.75, 3.05) is 18.0 Å². The molecule has 21 heavy (non-hydrogen) atoms. The van der Waals surface area contributed by atoms with Crippen molar-refractivity contribution in [2.24, 2.45) is 5.73 Å². The second-order valence-corrected chi connectivity index (χ2v) is 6.30. The molecule has 1 aromatic carbocycles. The molecule has 0 fully saturated rings. The summed E-state index contributed by atoms with van der Waals surface area (Å²) in [6.07, 6.45) is 2.77. The summed E-state index contributed by atoms with van der Waals surface area (Å²) in [7, 11) is 0. The van der Waals surface area contributed by atoms with E-state index in [1.165, 1.54) is 22.5 Å². The van der Waals surface area contributed by atoms with Crippen molar-refractivity contribution < 1.29 is 4.79 Å². The fourth-order valence-electron chi connectivity index (χ4n) is 2.68. The Labute approximate surface area is 128 Å². The lowest BCUT2D eigenvalue weighted by Crippen LogP contribution is -2.35.